The molecule has 14 heteroatoms. The number of rotatable bonds is 8. The maximum Gasteiger partial charge on any atom is 0.388 e. The summed E-state index contributed by atoms with van der Waals surface area (Å²) in [5, 5.41) is 24.6. The number of halogens is 4. The van der Waals surface area contributed by atoms with Gasteiger partial charge in [0, 0.05) is 23.0 Å². The minimum Gasteiger partial charge on any atom is -0.415 e. The lowest BCUT2D eigenvalue weighted by atomic mass is 10.1. The third-order valence-electron chi connectivity index (χ3n) is 5.59. The lowest BCUT2D eigenvalue weighted by Crippen LogP contribution is -2.11. The monoisotopic (exact) mass is 528 g/mol. The van der Waals surface area contributed by atoms with Crippen molar-refractivity contribution in [3.05, 3.63) is 71.8 Å². The SMILES string of the molecule is Cc1cc(OC(F)F)nn1-c1nc(-n2cnc3cc(Nc4ccc(C(F)F)nn4)ccc32)ccc1C(C)O. The van der Waals surface area contributed by atoms with Gasteiger partial charge >= 0.3 is 6.61 Å². The molecule has 4 aromatic heterocycles. The van der Waals surface area contributed by atoms with Crippen LogP contribution in [0.5, 0.6) is 5.88 Å². The van der Waals surface area contributed by atoms with Crippen LogP contribution in [0.4, 0.5) is 29.1 Å². The van der Waals surface area contributed by atoms with E-state index in [0.717, 1.165) is 0 Å². The van der Waals surface area contributed by atoms with Crippen LogP contribution in [0.3, 0.4) is 0 Å². The van der Waals surface area contributed by atoms with Crippen LogP contribution in [-0.2, 0) is 0 Å². The Bertz CT molecular complexity index is 1580. The van der Waals surface area contributed by atoms with Crippen LogP contribution in [0.1, 0.15) is 36.4 Å². The van der Waals surface area contributed by atoms with Crippen molar-refractivity contribution in [2.45, 2.75) is 33.0 Å². The van der Waals surface area contributed by atoms with Gasteiger partial charge in [0.25, 0.3) is 6.43 Å². The highest BCUT2D eigenvalue weighted by atomic mass is 19.3. The van der Waals surface area contributed by atoms with Crippen molar-refractivity contribution in [2.24, 2.45) is 0 Å². The minimum absolute atomic E-state index is 0.241. The van der Waals surface area contributed by atoms with Gasteiger partial charge in [-0.05, 0) is 56.3 Å². The Morgan fingerprint density at radius 3 is 2.50 bits per heavy atom. The van der Waals surface area contributed by atoms with E-state index in [-0.39, 0.29) is 17.5 Å². The number of ether oxygens (including phenoxy) is 1. The first kappa shape index (κ1) is 25.1. The van der Waals surface area contributed by atoms with Crippen molar-refractivity contribution in [1.29, 1.82) is 0 Å². The van der Waals surface area contributed by atoms with Crippen LogP contribution in [0.15, 0.2) is 54.9 Å². The number of aryl methyl sites for hydroxylation is 1. The molecule has 0 bridgehead atoms. The molecule has 0 saturated carbocycles. The fourth-order valence-electron chi connectivity index (χ4n) is 3.84. The van der Waals surface area contributed by atoms with Gasteiger partial charge in [-0.25, -0.2) is 23.4 Å². The van der Waals surface area contributed by atoms with E-state index in [0.29, 0.717) is 33.8 Å². The Kier molecular flexibility index (Phi) is 6.63. The lowest BCUT2D eigenvalue weighted by molar-refractivity contribution is -0.0530. The average Bonchev–Trinajstić information content (AvgIpc) is 3.46. The van der Waals surface area contributed by atoms with Gasteiger partial charge in [0.05, 0.1) is 17.1 Å². The van der Waals surface area contributed by atoms with Crippen LogP contribution in [0.25, 0.3) is 22.7 Å². The Morgan fingerprint density at radius 1 is 1.00 bits per heavy atom. The third kappa shape index (κ3) is 4.98. The quantitative estimate of drug-likeness (QED) is 0.269. The Labute approximate surface area is 212 Å². The molecule has 38 heavy (non-hydrogen) atoms. The second-order valence-electron chi connectivity index (χ2n) is 8.26. The number of hydrogen-bond donors (Lipinski definition) is 2. The third-order valence-corrected chi connectivity index (χ3v) is 5.59. The van der Waals surface area contributed by atoms with Gasteiger partial charge in [0.2, 0.25) is 5.88 Å². The molecule has 0 saturated heterocycles. The number of aliphatic hydroxyl groups is 1. The predicted molar refractivity (Wildman–Crippen MR) is 128 cm³/mol. The van der Waals surface area contributed by atoms with Crippen LogP contribution >= 0.6 is 0 Å². The number of benzene rings is 1. The summed E-state index contributed by atoms with van der Waals surface area (Å²) in [5.41, 5.74) is 2.39. The van der Waals surface area contributed by atoms with Crippen molar-refractivity contribution in [3.8, 4) is 17.5 Å². The van der Waals surface area contributed by atoms with Crippen molar-refractivity contribution < 1.29 is 27.4 Å². The van der Waals surface area contributed by atoms with Gasteiger partial charge in [-0.3, -0.25) is 4.57 Å². The van der Waals surface area contributed by atoms with E-state index in [1.807, 2.05) is 0 Å². The molecule has 0 aliphatic carbocycles. The summed E-state index contributed by atoms with van der Waals surface area (Å²) < 4.78 is 58.2. The molecule has 2 N–H and O–H groups in total. The van der Waals surface area contributed by atoms with Crippen LogP contribution in [0.2, 0.25) is 0 Å². The first-order valence-corrected chi connectivity index (χ1v) is 11.3. The normalized spacial score (nSPS) is 12.4. The first-order chi connectivity index (χ1) is 18.2. The Balaban J connectivity index is 1.48. The highest BCUT2D eigenvalue weighted by Crippen LogP contribution is 2.28. The summed E-state index contributed by atoms with van der Waals surface area (Å²) in [6, 6.07) is 12.6. The number of hydrogen-bond acceptors (Lipinski definition) is 8. The molecule has 0 spiro atoms. The van der Waals surface area contributed by atoms with Crippen molar-refractivity contribution in [3.63, 3.8) is 0 Å². The van der Waals surface area contributed by atoms with E-state index in [1.165, 1.54) is 22.9 Å². The maximum absolute atomic E-state index is 12.7. The van der Waals surface area contributed by atoms with E-state index in [1.54, 1.807) is 55.1 Å². The molecule has 0 fully saturated rings. The zero-order chi connectivity index (χ0) is 27.0. The highest BCUT2D eigenvalue weighted by Gasteiger charge is 2.19. The maximum atomic E-state index is 12.7. The number of aromatic nitrogens is 7. The Hall–Kier alpha value is -4.59. The van der Waals surface area contributed by atoms with E-state index in [4.69, 9.17) is 0 Å². The topological polar surface area (TPSA) is 116 Å². The number of fused-ring (bicyclic) bond motifs is 1. The second kappa shape index (κ2) is 10.0. The van der Waals surface area contributed by atoms with E-state index in [9.17, 15) is 22.7 Å². The summed E-state index contributed by atoms with van der Waals surface area (Å²) in [6.45, 7) is 0.175. The van der Waals surface area contributed by atoms with Crippen molar-refractivity contribution in [2.75, 3.05) is 5.32 Å². The van der Waals surface area contributed by atoms with E-state index >= 15 is 0 Å². The number of aliphatic hydroxyl groups excluding tert-OH is 1. The molecule has 0 amide bonds. The van der Waals surface area contributed by atoms with Gasteiger partial charge in [-0.15, -0.1) is 15.3 Å². The van der Waals surface area contributed by atoms with Gasteiger partial charge < -0.3 is 15.2 Å². The molecule has 196 valence electrons. The molecule has 10 nitrogen and oxygen atoms in total. The molecule has 4 heterocycles. The molecule has 1 atom stereocenters. The fourth-order valence-corrected chi connectivity index (χ4v) is 3.84. The minimum atomic E-state index is -3.03. The molecule has 0 aliphatic rings. The zero-order valence-corrected chi connectivity index (χ0v) is 19.9. The molecule has 1 aromatic carbocycles. The van der Waals surface area contributed by atoms with Gasteiger partial charge in [-0.1, -0.05) is 0 Å². The summed E-state index contributed by atoms with van der Waals surface area (Å²) in [4.78, 5) is 9.07. The number of pyridine rings is 1. The number of alkyl halides is 4. The summed E-state index contributed by atoms with van der Waals surface area (Å²) in [5.74, 6) is 0.693. The van der Waals surface area contributed by atoms with Gasteiger partial charge in [-0.2, -0.15) is 8.78 Å². The molecule has 5 rings (SSSR count). The lowest BCUT2D eigenvalue weighted by Gasteiger charge is -2.14. The van der Waals surface area contributed by atoms with Crippen LogP contribution < -0.4 is 10.1 Å². The number of nitrogens with one attached hydrogen (secondary N) is 1. The standard InChI is InChI=1S/C24H20F4N8O2/c1-12-9-21(38-24(27)28)34-36(12)23-15(13(2)37)4-8-20(31-23)35-11-29-17-10-14(3-6-18(17)35)30-19-7-5-16(22(25)26)32-33-19/h3-11,13,22,24,37H,1-2H3,(H,30,33). The molecule has 0 aliphatic heterocycles. The zero-order valence-electron chi connectivity index (χ0n) is 19.9. The fraction of sp³-hybridized carbons (Fsp3) is 0.208. The average molecular weight is 528 g/mol. The number of anilines is 2. The molecule has 1 unspecified atom stereocenters. The summed E-state index contributed by atoms with van der Waals surface area (Å²) in [7, 11) is 0. The molecular formula is C24H20F4N8O2. The van der Waals surface area contributed by atoms with Crippen molar-refractivity contribution in [1.82, 2.24) is 34.5 Å². The van der Waals surface area contributed by atoms with Crippen LogP contribution in [-0.4, -0.2) is 46.2 Å². The molecule has 5 aromatic rings. The smallest absolute Gasteiger partial charge is 0.388 e. The van der Waals surface area contributed by atoms with E-state index in [2.05, 4.69) is 35.3 Å². The largest absolute Gasteiger partial charge is 0.415 e. The van der Waals surface area contributed by atoms with E-state index < -0.39 is 24.8 Å². The molecule has 0 radical (unpaired) electrons. The van der Waals surface area contributed by atoms with Gasteiger partial charge in [0.15, 0.2) is 11.6 Å². The second-order valence-corrected chi connectivity index (χ2v) is 8.26. The first-order valence-electron chi connectivity index (χ1n) is 11.3. The van der Waals surface area contributed by atoms with Gasteiger partial charge in [0.1, 0.15) is 17.8 Å². The Morgan fingerprint density at radius 2 is 1.82 bits per heavy atom. The van der Waals surface area contributed by atoms with Crippen molar-refractivity contribution >= 4 is 22.5 Å². The summed E-state index contributed by atoms with van der Waals surface area (Å²) in [6.07, 6.45) is -2.06. The number of imidazole rings is 1. The van der Waals surface area contributed by atoms with Crippen LogP contribution in [0, 0.1) is 6.92 Å². The summed E-state index contributed by atoms with van der Waals surface area (Å²) >= 11 is 0. The molecular weight excluding hydrogens is 508 g/mol. The predicted octanol–water partition coefficient (Wildman–Crippen LogP) is 5.04. The highest BCUT2D eigenvalue weighted by molar-refractivity contribution is 5.82. The number of nitrogens with zero attached hydrogens (tertiary/aromatic N) is 7.